The van der Waals surface area contributed by atoms with Gasteiger partial charge in [-0.2, -0.15) is 0 Å². The van der Waals surface area contributed by atoms with Crippen LogP contribution in [-0.4, -0.2) is 4.98 Å². The van der Waals surface area contributed by atoms with Gasteiger partial charge in [0, 0.05) is 22.2 Å². The van der Waals surface area contributed by atoms with Crippen molar-refractivity contribution in [3.05, 3.63) is 82.3 Å². The molecule has 2 heterocycles. The summed E-state index contributed by atoms with van der Waals surface area (Å²) in [4.78, 5) is 4.64. The van der Waals surface area contributed by atoms with Crippen LogP contribution in [0.15, 0.2) is 66.2 Å². The number of hydrogen-bond donors (Lipinski definition) is 1. The van der Waals surface area contributed by atoms with Crippen LogP contribution in [-0.2, 0) is 16.2 Å². The van der Waals surface area contributed by atoms with Gasteiger partial charge in [-0.1, -0.05) is 98.7 Å². The van der Waals surface area contributed by atoms with Gasteiger partial charge in [0.2, 0.25) is 0 Å². The molecule has 154 valence electrons. The number of benzene rings is 1. The summed E-state index contributed by atoms with van der Waals surface area (Å²) in [5.41, 5.74) is 3.59. The quantitative estimate of drug-likeness (QED) is 0.392. The van der Waals surface area contributed by atoms with Crippen molar-refractivity contribution in [2.24, 2.45) is 0 Å². The molecule has 0 saturated carbocycles. The van der Waals surface area contributed by atoms with Crippen molar-refractivity contribution >= 4 is 11.3 Å². The highest BCUT2D eigenvalue weighted by Gasteiger charge is 2.14. The van der Waals surface area contributed by atoms with Gasteiger partial charge in [-0.3, -0.25) is 0 Å². The van der Waals surface area contributed by atoms with Crippen LogP contribution in [0, 0.1) is 0 Å². The van der Waals surface area contributed by atoms with Crippen molar-refractivity contribution in [1.29, 1.82) is 0 Å². The molecule has 0 saturated heterocycles. The minimum absolute atomic E-state index is 0.267. The lowest BCUT2D eigenvalue weighted by Crippen LogP contribution is -2.10. The van der Waals surface area contributed by atoms with E-state index in [0.29, 0.717) is 10.8 Å². The van der Waals surface area contributed by atoms with Crippen LogP contribution in [0.2, 0.25) is 0 Å². The van der Waals surface area contributed by atoms with Crippen molar-refractivity contribution in [3.8, 4) is 0 Å². The Hall–Kier alpha value is -1.80. The second kappa shape index (κ2) is 10.1. The summed E-state index contributed by atoms with van der Waals surface area (Å²) < 4.78 is 0. The molecule has 0 spiro atoms. The predicted molar refractivity (Wildman–Crippen MR) is 128 cm³/mol. The van der Waals surface area contributed by atoms with Crippen molar-refractivity contribution in [2.75, 3.05) is 0 Å². The lowest BCUT2D eigenvalue weighted by atomic mass is 9.87. The third kappa shape index (κ3) is 8.93. The van der Waals surface area contributed by atoms with Crippen molar-refractivity contribution in [3.63, 3.8) is 0 Å². The first-order valence-corrected chi connectivity index (χ1v) is 10.9. The Bertz CT molecular complexity index is 702. The Morgan fingerprint density at radius 3 is 1.46 bits per heavy atom. The summed E-state index contributed by atoms with van der Waals surface area (Å²) in [5.74, 6) is 0. The van der Waals surface area contributed by atoms with Gasteiger partial charge in [-0.05, 0) is 40.0 Å². The number of aromatic amines is 1. The molecule has 0 aliphatic rings. The molecule has 1 N–H and O–H groups in total. The average Bonchev–Trinajstić information content (AvgIpc) is 3.29. The Balaban J connectivity index is 0.000000210. The van der Waals surface area contributed by atoms with E-state index in [1.54, 1.807) is 0 Å². The van der Waals surface area contributed by atoms with Gasteiger partial charge in [-0.25, -0.2) is 0 Å². The fraction of sp³-hybridized carbons (Fsp3) is 0.462. The van der Waals surface area contributed by atoms with E-state index in [2.05, 4.69) is 121 Å². The number of aromatic nitrogens is 1. The first-order chi connectivity index (χ1) is 12.8. The zero-order chi connectivity index (χ0) is 21.4. The molecule has 0 unspecified atom stereocenters. The summed E-state index contributed by atoms with van der Waals surface area (Å²) in [6, 6.07) is 19.0. The van der Waals surface area contributed by atoms with Crippen molar-refractivity contribution in [2.45, 2.75) is 78.6 Å². The van der Waals surface area contributed by atoms with Gasteiger partial charge >= 0.3 is 0 Å². The second-order valence-electron chi connectivity index (χ2n) is 10.2. The number of hydrogen-bond acceptors (Lipinski definition) is 1. The summed E-state index contributed by atoms with van der Waals surface area (Å²) in [6.07, 6.45) is 1.96. The van der Waals surface area contributed by atoms with Crippen LogP contribution >= 0.6 is 11.3 Å². The van der Waals surface area contributed by atoms with E-state index in [0.717, 1.165) is 0 Å². The number of thiophene rings is 1. The maximum Gasteiger partial charge on any atom is 0.0201 e. The van der Waals surface area contributed by atoms with Crippen molar-refractivity contribution < 1.29 is 0 Å². The molecule has 2 aromatic heterocycles. The minimum atomic E-state index is 0.267. The zero-order valence-corrected chi connectivity index (χ0v) is 20.1. The molecule has 0 bridgehead atoms. The number of H-pyrrole nitrogens is 1. The molecule has 1 nitrogen and oxygen atoms in total. The Morgan fingerprint density at radius 1 is 0.607 bits per heavy atom. The first-order valence-electron chi connectivity index (χ1n) is 10.0. The zero-order valence-electron chi connectivity index (χ0n) is 19.3. The molecule has 1 aromatic carbocycles. The van der Waals surface area contributed by atoms with E-state index < -0.39 is 0 Å². The molecule has 3 aromatic rings. The highest BCUT2D eigenvalue weighted by Crippen LogP contribution is 2.26. The molecule has 28 heavy (non-hydrogen) atoms. The number of nitrogens with one attached hydrogen (secondary N) is 1. The molecule has 3 rings (SSSR count). The number of rotatable bonds is 0. The maximum absolute atomic E-state index is 3.18. The van der Waals surface area contributed by atoms with Gasteiger partial charge in [0.05, 0.1) is 0 Å². The van der Waals surface area contributed by atoms with Crippen LogP contribution in [0.5, 0.6) is 0 Å². The van der Waals surface area contributed by atoms with Crippen molar-refractivity contribution in [1.82, 2.24) is 4.98 Å². The fourth-order valence-corrected chi connectivity index (χ4v) is 3.25. The van der Waals surface area contributed by atoms with Gasteiger partial charge in [-0.15, -0.1) is 11.3 Å². The van der Waals surface area contributed by atoms with E-state index in [1.807, 2.05) is 23.6 Å². The smallest absolute Gasteiger partial charge is 0.0201 e. The first kappa shape index (κ1) is 24.2. The molecule has 0 fully saturated rings. The standard InChI is InChI=1S/C10H14.C8H13N.C8H12S/c1-10(2,3)9-7-5-4-6-8-9;2*1-8(2,3)7-5-4-6-9-7/h4-8H,1-3H3;4-6,9H,1-3H3;4-6H,1-3H3. The third-order valence-corrected chi connectivity index (χ3v) is 5.60. The van der Waals surface area contributed by atoms with E-state index in [-0.39, 0.29) is 5.41 Å². The fourth-order valence-electron chi connectivity index (χ4n) is 2.44. The third-order valence-electron chi connectivity index (χ3n) is 4.31. The molecular weight excluding hydrogens is 358 g/mol. The lowest BCUT2D eigenvalue weighted by molar-refractivity contribution is 0.573. The van der Waals surface area contributed by atoms with Crippen LogP contribution in [0.25, 0.3) is 0 Å². The summed E-state index contributed by atoms with van der Waals surface area (Å²) in [7, 11) is 0. The normalized spacial score (nSPS) is 11.8. The minimum Gasteiger partial charge on any atom is -0.365 e. The molecule has 0 aliphatic heterocycles. The summed E-state index contributed by atoms with van der Waals surface area (Å²) >= 11 is 1.83. The molecule has 0 atom stereocenters. The van der Waals surface area contributed by atoms with E-state index in [1.165, 1.54) is 16.1 Å². The van der Waals surface area contributed by atoms with Crippen LogP contribution in [0.4, 0.5) is 0 Å². The lowest BCUT2D eigenvalue weighted by Gasteiger charge is -2.18. The highest BCUT2D eigenvalue weighted by atomic mass is 32.1. The Morgan fingerprint density at radius 2 is 1.21 bits per heavy atom. The summed E-state index contributed by atoms with van der Waals surface area (Å²) in [5, 5.41) is 2.13. The summed E-state index contributed by atoms with van der Waals surface area (Å²) in [6.45, 7) is 20.0. The largest absolute Gasteiger partial charge is 0.365 e. The van der Waals surface area contributed by atoms with Crippen LogP contribution in [0.1, 0.15) is 78.4 Å². The van der Waals surface area contributed by atoms with Gasteiger partial charge in [0.15, 0.2) is 0 Å². The van der Waals surface area contributed by atoms with Gasteiger partial charge < -0.3 is 4.98 Å². The van der Waals surface area contributed by atoms with Crippen LogP contribution in [0.3, 0.4) is 0 Å². The maximum atomic E-state index is 3.18. The molecular formula is C26H39NS. The SMILES string of the molecule is CC(C)(C)c1ccc[nH]1.CC(C)(C)c1ccccc1.CC(C)(C)c1cccs1. The van der Waals surface area contributed by atoms with E-state index in [4.69, 9.17) is 0 Å². The predicted octanol–water partition coefficient (Wildman–Crippen LogP) is 8.34. The molecule has 2 heteroatoms. The highest BCUT2D eigenvalue weighted by molar-refractivity contribution is 7.10. The van der Waals surface area contributed by atoms with Crippen LogP contribution < -0.4 is 0 Å². The monoisotopic (exact) mass is 397 g/mol. The van der Waals surface area contributed by atoms with Gasteiger partial charge in [0.25, 0.3) is 0 Å². The molecule has 0 radical (unpaired) electrons. The topological polar surface area (TPSA) is 15.8 Å². The molecule has 0 aliphatic carbocycles. The Kier molecular flexibility index (Phi) is 8.75. The van der Waals surface area contributed by atoms with E-state index in [9.17, 15) is 0 Å². The second-order valence-corrected chi connectivity index (χ2v) is 11.1. The average molecular weight is 398 g/mol. The Labute approximate surface area is 177 Å². The van der Waals surface area contributed by atoms with E-state index >= 15 is 0 Å². The van der Waals surface area contributed by atoms with Gasteiger partial charge in [0.1, 0.15) is 0 Å². The molecule has 0 amide bonds.